The number of rotatable bonds is 6. The van der Waals surface area contributed by atoms with E-state index in [1.54, 1.807) is 7.11 Å². The lowest BCUT2D eigenvalue weighted by Gasteiger charge is -2.12. The molecule has 0 amide bonds. The first kappa shape index (κ1) is 11.3. The summed E-state index contributed by atoms with van der Waals surface area (Å²) in [5, 5.41) is 9.49. The van der Waals surface area contributed by atoms with Crippen LogP contribution >= 0.6 is 11.8 Å². The Kier molecular flexibility index (Phi) is 5.78. The molecular weight excluding hydrogens is 188 g/mol. The van der Waals surface area contributed by atoms with Gasteiger partial charge in [0.1, 0.15) is 0 Å². The molecule has 1 aliphatic heterocycles. The van der Waals surface area contributed by atoms with Gasteiger partial charge in [0.25, 0.3) is 0 Å². The van der Waals surface area contributed by atoms with Crippen LogP contribution in [0, 0.1) is 5.92 Å². The molecule has 0 radical (unpaired) electrons. The topological polar surface area (TPSA) is 38.7 Å². The molecule has 3 nitrogen and oxygen atoms in total. The third kappa shape index (κ3) is 4.31. The number of thioether (sulfide) groups is 1. The van der Waals surface area contributed by atoms with Crippen molar-refractivity contribution in [2.24, 2.45) is 5.92 Å². The number of hydrogen-bond acceptors (Lipinski definition) is 4. The smallest absolute Gasteiger partial charge is 0.0700 e. The van der Waals surface area contributed by atoms with E-state index in [0.29, 0.717) is 19.1 Å². The quantitative estimate of drug-likeness (QED) is 0.651. The predicted molar refractivity (Wildman–Crippen MR) is 54.1 cm³/mol. The third-order valence-electron chi connectivity index (χ3n) is 2.23. The fourth-order valence-corrected chi connectivity index (χ4v) is 2.68. The van der Waals surface area contributed by atoms with E-state index in [2.05, 4.69) is 0 Å². The van der Waals surface area contributed by atoms with Gasteiger partial charge >= 0.3 is 0 Å². The predicted octanol–water partition coefficient (Wildman–Crippen LogP) is 0.763. The maximum absolute atomic E-state index is 9.49. The van der Waals surface area contributed by atoms with E-state index in [0.717, 1.165) is 24.5 Å². The van der Waals surface area contributed by atoms with E-state index in [1.165, 1.54) is 0 Å². The summed E-state index contributed by atoms with van der Waals surface area (Å²) in [4.78, 5) is 0. The Morgan fingerprint density at radius 3 is 2.77 bits per heavy atom. The van der Waals surface area contributed by atoms with Gasteiger partial charge in [-0.2, -0.15) is 11.8 Å². The minimum absolute atomic E-state index is 0.115. The molecule has 0 aromatic heterocycles. The zero-order chi connectivity index (χ0) is 9.52. The van der Waals surface area contributed by atoms with Crippen LogP contribution in [0.5, 0.6) is 0 Å². The van der Waals surface area contributed by atoms with Gasteiger partial charge in [0.05, 0.1) is 19.3 Å². The number of aliphatic hydroxyl groups excluding tert-OH is 1. The van der Waals surface area contributed by atoms with Crippen LogP contribution in [0.15, 0.2) is 0 Å². The summed E-state index contributed by atoms with van der Waals surface area (Å²) < 4.78 is 10.2. The minimum Gasteiger partial charge on any atom is -0.392 e. The zero-order valence-corrected chi connectivity index (χ0v) is 8.89. The van der Waals surface area contributed by atoms with Crippen molar-refractivity contribution in [1.29, 1.82) is 0 Å². The molecule has 1 rings (SSSR count). The zero-order valence-electron chi connectivity index (χ0n) is 8.07. The van der Waals surface area contributed by atoms with Crippen LogP contribution in [0.3, 0.4) is 0 Å². The highest BCUT2D eigenvalue weighted by Gasteiger charge is 2.24. The molecule has 0 aromatic rings. The van der Waals surface area contributed by atoms with E-state index in [9.17, 15) is 5.11 Å². The van der Waals surface area contributed by atoms with E-state index >= 15 is 0 Å². The molecule has 2 atom stereocenters. The van der Waals surface area contributed by atoms with E-state index in [1.807, 2.05) is 11.8 Å². The lowest BCUT2D eigenvalue weighted by atomic mass is 10.0. The highest BCUT2D eigenvalue weighted by atomic mass is 32.2. The SMILES string of the molecule is COCCOCCC1CSCC1O. The lowest BCUT2D eigenvalue weighted by molar-refractivity contribution is 0.0533. The largest absolute Gasteiger partial charge is 0.392 e. The van der Waals surface area contributed by atoms with Crippen molar-refractivity contribution in [3.8, 4) is 0 Å². The normalized spacial score (nSPS) is 28.2. The molecule has 1 fully saturated rings. The number of aliphatic hydroxyl groups is 1. The molecule has 4 heteroatoms. The molecule has 0 bridgehead atoms. The third-order valence-corrected chi connectivity index (χ3v) is 3.47. The summed E-state index contributed by atoms with van der Waals surface area (Å²) in [7, 11) is 1.67. The van der Waals surface area contributed by atoms with Crippen LogP contribution < -0.4 is 0 Å². The second-order valence-corrected chi connectivity index (χ2v) is 4.33. The van der Waals surface area contributed by atoms with Gasteiger partial charge in [-0.1, -0.05) is 0 Å². The molecule has 0 aliphatic carbocycles. The fraction of sp³-hybridized carbons (Fsp3) is 1.00. The molecular formula is C9H18O3S. The molecule has 2 unspecified atom stereocenters. The summed E-state index contributed by atoms with van der Waals surface area (Å²) in [6, 6.07) is 0. The van der Waals surface area contributed by atoms with Crippen molar-refractivity contribution < 1.29 is 14.6 Å². The summed E-state index contributed by atoms with van der Waals surface area (Å²) in [6.07, 6.45) is 0.855. The highest BCUT2D eigenvalue weighted by molar-refractivity contribution is 7.99. The van der Waals surface area contributed by atoms with Gasteiger partial charge in [-0.05, 0) is 18.1 Å². The Bertz CT molecular complexity index is 132. The first-order valence-electron chi connectivity index (χ1n) is 4.67. The van der Waals surface area contributed by atoms with Crippen LogP contribution in [-0.2, 0) is 9.47 Å². The molecule has 1 saturated heterocycles. The molecule has 0 aromatic carbocycles. The van der Waals surface area contributed by atoms with E-state index < -0.39 is 0 Å². The van der Waals surface area contributed by atoms with Crippen LogP contribution in [0.4, 0.5) is 0 Å². The van der Waals surface area contributed by atoms with E-state index in [-0.39, 0.29) is 6.10 Å². The van der Waals surface area contributed by atoms with Gasteiger partial charge in [0.2, 0.25) is 0 Å². The van der Waals surface area contributed by atoms with Crippen molar-refractivity contribution in [2.75, 3.05) is 38.4 Å². The van der Waals surface area contributed by atoms with Crippen LogP contribution in [-0.4, -0.2) is 49.6 Å². The first-order chi connectivity index (χ1) is 6.34. The lowest BCUT2D eigenvalue weighted by Crippen LogP contribution is -2.19. The monoisotopic (exact) mass is 206 g/mol. The maximum Gasteiger partial charge on any atom is 0.0700 e. The Morgan fingerprint density at radius 1 is 1.31 bits per heavy atom. The average molecular weight is 206 g/mol. The molecule has 0 saturated carbocycles. The minimum atomic E-state index is -0.115. The molecule has 1 heterocycles. The average Bonchev–Trinajstić information content (AvgIpc) is 2.52. The van der Waals surface area contributed by atoms with Crippen LogP contribution in [0.1, 0.15) is 6.42 Å². The number of hydrogen-bond donors (Lipinski definition) is 1. The number of methoxy groups -OCH3 is 1. The summed E-state index contributed by atoms with van der Waals surface area (Å²) in [6.45, 7) is 2.06. The second-order valence-electron chi connectivity index (χ2n) is 3.26. The summed E-state index contributed by atoms with van der Waals surface area (Å²) >= 11 is 1.83. The second kappa shape index (κ2) is 6.65. The van der Waals surface area contributed by atoms with Gasteiger partial charge < -0.3 is 14.6 Å². The Morgan fingerprint density at radius 2 is 2.15 bits per heavy atom. The summed E-state index contributed by atoms with van der Waals surface area (Å²) in [5.41, 5.74) is 0. The van der Waals surface area contributed by atoms with Gasteiger partial charge in [-0.3, -0.25) is 0 Å². The van der Waals surface area contributed by atoms with Gasteiger partial charge in [-0.15, -0.1) is 0 Å². The molecule has 1 N–H and O–H groups in total. The Hall–Kier alpha value is 0.230. The summed E-state index contributed by atoms with van der Waals surface area (Å²) in [5.74, 6) is 2.41. The standard InChI is InChI=1S/C9H18O3S/c1-11-4-5-12-3-2-8-6-13-7-9(8)10/h8-10H,2-7H2,1H3. The van der Waals surface area contributed by atoms with Crippen molar-refractivity contribution in [2.45, 2.75) is 12.5 Å². The van der Waals surface area contributed by atoms with Crippen molar-refractivity contribution in [3.05, 3.63) is 0 Å². The van der Waals surface area contributed by atoms with Gasteiger partial charge in [0, 0.05) is 19.5 Å². The van der Waals surface area contributed by atoms with E-state index in [4.69, 9.17) is 9.47 Å². The van der Waals surface area contributed by atoms with Crippen LogP contribution in [0.25, 0.3) is 0 Å². The molecule has 78 valence electrons. The van der Waals surface area contributed by atoms with Crippen molar-refractivity contribution in [3.63, 3.8) is 0 Å². The molecule has 1 aliphatic rings. The fourth-order valence-electron chi connectivity index (χ4n) is 1.34. The maximum atomic E-state index is 9.49. The molecule has 0 spiro atoms. The first-order valence-corrected chi connectivity index (χ1v) is 5.82. The van der Waals surface area contributed by atoms with Gasteiger partial charge in [-0.25, -0.2) is 0 Å². The molecule has 13 heavy (non-hydrogen) atoms. The highest BCUT2D eigenvalue weighted by Crippen LogP contribution is 2.26. The Labute approximate surface area is 83.8 Å². The van der Waals surface area contributed by atoms with Crippen molar-refractivity contribution >= 4 is 11.8 Å². The van der Waals surface area contributed by atoms with Crippen LogP contribution in [0.2, 0.25) is 0 Å². The number of ether oxygens (including phenoxy) is 2. The van der Waals surface area contributed by atoms with Gasteiger partial charge in [0.15, 0.2) is 0 Å². The van der Waals surface area contributed by atoms with Crippen molar-refractivity contribution in [1.82, 2.24) is 0 Å². The Balaban J connectivity index is 1.93.